The predicted molar refractivity (Wildman–Crippen MR) is 126 cm³/mol. The molecule has 0 unspecified atom stereocenters. The number of ether oxygens (including phenoxy) is 4. The summed E-state index contributed by atoms with van der Waals surface area (Å²) in [5.74, 6) is 1.50. The number of allylic oxidation sites excluding steroid dienone is 1. The van der Waals surface area contributed by atoms with Gasteiger partial charge in [0.25, 0.3) is 5.56 Å². The predicted octanol–water partition coefficient (Wildman–Crippen LogP) is 2.54. The lowest BCUT2D eigenvalue weighted by Crippen LogP contribution is -2.39. The van der Waals surface area contributed by atoms with E-state index in [1.54, 1.807) is 43.7 Å². The zero-order valence-electron chi connectivity index (χ0n) is 18.9. The van der Waals surface area contributed by atoms with Crippen molar-refractivity contribution in [3.8, 4) is 17.2 Å². The van der Waals surface area contributed by atoms with Crippen molar-refractivity contribution >= 4 is 23.4 Å². The van der Waals surface area contributed by atoms with Gasteiger partial charge in [0.2, 0.25) is 6.79 Å². The normalized spacial score (nSPS) is 16.8. The van der Waals surface area contributed by atoms with Crippen LogP contribution in [0.5, 0.6) is 17.2 Å². The first-order valence-electron chi connectivity index (χ1n) is 10.7. The lowest BCUT2D eigenvalue weighted by Gasteiger charge is -2.24. The fourth-order valence-electron chi connectivity index (χ4n) is 4.05. The molecule has 0 bridgehead atoms. The number of carbonyl (C=O) groups excluding carboxylic acids is 1. The second kappa shape index (κ2) is 8.83. The van der Waals surface area contributed by atoms with Gasteiger partial charge in [-0.15, -0.1) is 0 Å². The average molecular weight is 479 g/mol. The lowest BCUT2D eigenvalue weighted by molar-refractivity contribution is -0.139. The number of thiazole rings is 1. The van der Waals surface area contributed by atoms with Crippen molar-refractivity contribution in [1.82, 2.24) is 4.57 Å². The molecule has 3 heterocycles. The van der Waals surface area contributed by atoms with E-state index in [2.05, 4.69) is 4.99 Å². The van der Waals surface area contributed by atoms with Crippen molar-refractivity contribution in [3.05, 3.63) is 84.5 Å². The molecule has 0 aliphatic carbocycles. The summed E-state index contributed by atoms with van der Waals surface area (Å²) in [6, 6.07) is 12.1. The molecule has 0 amide bonds. The van der Waals surface area contributed by atoms with Crippen molar-refractivity contribution in [1.29, 1.82) is 0 Å². The molecule has 9 heteroatoms. The molecular weight excluding hydrogens is 456 g/mol. The maximum Gasteiger partial charge on any atom is 0.338 e. The smallest absolute Gasteiger partial charge is 0.338 e. The second-order valence-electron chi connectivity index (χ2n) is 7.69. The van der Waals surface area contributed by atoms with Gasteiger partial charge in [-0.3, -0.25) is 9.36 Å². The molecule has 1 atom stereocenters. The molecule has 3 aromatic rings. The maximum atomic E-state index is 13.6. The molecule has 1 aromatic heterocycles. The van der Waals surface area contributed by atoms with Crippen molar-refractivity contribution in [2.24, 2.45) is 4.99 Å². The van der Waals surface area contributed by atoms with Gasteiger partial charge in [0.05, 0.1) is 35.6 Å². The Kier molecular flexibility index (Phi) is 5.70. The summed E-state index contributed by atoms with van der Waals surface area (Å²) in [7, 11) is 1.59. The molecule has 0 spiro atoms. The van der Waals surface area contributed by atoms with E-state index in [0.717, 1.165) is 11.1 Å². The Morgan fingerprint density at radius 3 is 2.71 bits per heavy atom. The van der Waals surface area contributed by atoms with Crippen LogP contribution in [0.3, 0.4) is 0 Å². The molecule has 0 N–H and O–H groups in total. The third-order valence-corrected chi connectivity index (χ3v) is 6.63. The Morgan fingerprint density at radius 2 is 1.97 bits per heavy atom. The fourth-order valence-corrected chi connectivity index (χ4v) is 5.09. The number of aromatic nitrogens is 1. The number of fused-ring (bicyclic) bond motifs is 2. The number of hydrogen-bond acceptors (Lipinski definition) is 8. The Morgan fingerprint density at radius 1 is 1.21 bits per heavy atom. The van der Waals surface area contributed by atoms with Crippen LogP contribution in [0.25, 0.3) is 6.08 Å². The Balaban J connectivity index is 1.68. The van der Waals surface area contributed by atoms with Crippen molar-refractivity contribution in [2.45, 2.75) is 19.9 Å². The molecule has 0 radical (unpaired) electrons. The number of benzene rings is 2. The number of esters is 1. The summed E-state index contributed by atoms with van der Waals surface area (Å²) >= 11 is 1.27. The quantitative estimate of drug-likeness (QED) is 0.524. The summed E-state index contributed by atoms with van der Waals surface area (Å²) in [6.45, 7) is 3.91. The minimum Gasteiger partial charge on any atom is -0.497 e. The van der Waals surface area contributed by atoms with Gasteiger partial charge in [-0.05, 0) is 55.3 Å². The lowest BCUT2D eigenvalue weighted by atomic mass is 9.96. The minimum atomic E-state index is -0.667. The first kappa shape index (κ1) is 22.0. The first-order valence-corrected chi connectivity index (χ1v) is 11.5. The SMILES string of the molecule is CCOC(=O)C1=C(C)N=c2sc(=Cc3ccc4c(c3)OCO4)c(=O)n2[C@H]1c1ccc(OC)cc1. The maximum absolute atomic E-state index is 13.6. The highest BCUT2D eigenvalue weighted by molar-refractivity contribution is 7.07. The van der Waals surface area contributed by atoms with Crippen LogP contribution in [0.4, 0.5) is 0 Å². The number of rotatable bonds is 5. The molecule has 2 aliphatic heterocycles. The summed E-state index contributed by atoms with van der Waals surface area (Å²) in [5.41, 5.74) is 2.19. The Hall–Kier alpha value is -3.85. The Bertz CT molecular complexity index is 1480. The van der Waals surface area contributed by atoms with Gasteiger partial charge in [0, 0.05) is 0 Å². The van der Waals surface area contributed by atoms with E-state index in [4.69, 9.17) is 18.9 Å². The molecular formula is C25H22N2O6S. The third kappa shape index (κ3) is 3.77. The van der Waals surface area contributed by atoms with Crippen LogP contribution in [-0.4, -0.2) is 31.0 Å². The zero-order chi connectivity index (χ0) is 23.8. The number of methoxy groups -OCH3 is 1. The van der Waals surface area contributed by atoms with Crippen LogP contribution >= 0.6 is 11.3 Å². The summed E-state index contributed by atoms with van der Waals surface area (Å²) in [6.07, 6.45) is 1.79. The van der Waals surface area contributed by atoms with Crippen LogP contribution < -0.4 is 29.1 Å². The van der Waals surface area contributed by atoms with E-state index < -0.39 is 12.0 Å². The molecule has 174 valence electrons. The van der Waals surface area contributed by atoms with E-state index in [-0.39, 0.29) is 19.0 Å². The van der Waals surface area contributed by atoms with Gasteiger partial charge >= 0.3 is 5.97 Å². The summed E-state index contributed by atoms with van der Waals surface area (Å²) in [4.78, 5) is 31.7. The van der Waals surface area contributed by atoms with Gasteiger partial charge in [-0.25, -0.2) is 9.79 Å². The van der Waals surface area contributed by atoms with Crippen molar-refractivity contribution < 1.29 is 23.7 Å². The highest BCUT2D eigenvalue weighted by atomic mass is 32.1. The highest BCUT2D eigenvalue weighted by Crippen LogP contribution is 2.33. The summed E-state index contributed by atoms with van der Waals surface area (Å²) < 4.78 is 23.5. The van der Waals surface area contributed by atoms with Gasteiger partial charge in [-0.2, -0.15) is 0 Å². The molecule has 5 rings (SSSR count). The van der Waals surface area contributed by atoms with Crippen LogP contribution in [0.2, 0.25) is 0 Å². The van der Waals surface area contributed by atoms with E-state index in [0.29, 0.717) is 37.9 Å². The third-order valence-electron chi connectivity index (χ3n) is 5.64. The molecule has 0 saturated carbocycles. The second-order valence-corrected chi connectivity index (χ2v) is 8.70. The van der Waals surface area contributed by atoms with Gasteiger partial charge in [-0.1, -0.05) is 29.5 Å². The molecule has 0 saturated heterocycles. The topological polar surface area (TPSA) is 88.4 Å². The molecule has 0 fully saturated rings. The van der Waals surface area contributed by atoms with Gasteiger partial charge in [0.15, 0.2) is 16.3 Å². The Labute approximate surface area is 199 Å². The van der Waals surface area contributed by atoms with Gasteiger partial charge < -0.3 is 18.9 Å². The fraction of sp³-hybridized carbons (Fsp3) is 0.240. The number of hydrogen-bond donors (Lipinski definition) is 0. The highest BCUT2D eigenvalue weighted by Gasteiger charge is 2.33. The van der Waals surface area contributed by atoms with Crippen molar-refractivity contribution in [2.75, 3.05) is 20.5 Å². The molecule has 8 nitrogen and oxygen atoms in total. The van der Waals surface area contributed by atoms with Crippen LogP contribution in [0.15, 0.2) is 63.5 Å². The number of nitrogens with zero attached hydrogens (tertiary/aromatic N) is 2. The van der Waals surface area contributed by atoms with Crippen LogP contribution in [0.1, 0.15) is 31.0 Å². The van der Waals surface area contributed by atoms with Gasteiger partial charge in [0.1, 0.15) is 5.75 Å². The standard InChI is InChI=1S/C25H22N2O6S/c1-4-31-24(29)21-14(2)26-25-27(22(21)16-6-8-17(30-3)9-7-16)23(28)20(34-25)12-15-5-10-18-19(11-15)33-13-32-18/h5-12,22H,4,13H2,1-3H3/t22-/m0/s1. The molecule has 2 aliphatic rings. The zero-order valence-corrected chi connectivity index (χ0v) is 19.7. The van der Waals surface area contributed by atoms with E-state index in [9.17, 15) is 9.59 Å². The summed E-state index contributed by atoms with van der Waals surface area (Å²) in [5, 5.41) is 0. The molecule has 34 heavy (non-hydrogen) atoms. The average Bonchev–Trinajstić information content (AvgIpc) is 3.42. The number of carbonyl (C=O) groups is 1. The van der Waals surface area contributed by atoms with E-state index in [1.165, 1.54) is 11.3 Å². The van der Waals surface area contributed by atoms with Crippen LogP contribution in [-0.2, 0) is 9.53 Å². The molecule has 2 aromatic carbocycles. The largest absolute Gasteiger partial charge is 0.497 e. The monoisotopic (exact) mass is 478 g/mol. The minimum absolute atomic E-state index is 0.179. The van der Waals surface area contributed by atoms with E-state index >= 15 is 0 Å². The first-order chi connectivity index (χ1) is 16.5. The van der Waals surface area contributed by atoms with Crippen molar-refractivity contribution in [3.63, 3.8) is 0 Å². The van der Waals surface area contributed by atoms with Crippen LogP contribution in [0, 0.1) is 0 Å². The van der Waals surface area contributed by atoms with E-state index in [1.807, 2.05) is 30.3 Å².